The Morgan fingerprint density at radius 1 is 1.16 bits per heavy atom. The minimum Gasteiger partial charge on any atom is -0.322 e. The van der Waals surface area contributed by atoms with Gasteiger partial charge in [0, 0.05) is 14.5 Å². The molecule has 1 aromatic heterocycles. The molecular weight excluding hydrogens is 450 g/mol. The van der Waals surface area contributed by atoms with Gasteiger partial charge in [-0.15, -0.1) is 10.2 Å². The second-order valence-electron chi connectivity index (χ2n) is 5.61. The Hall–Kier alpha value is -2.06. The van der Waals surface area contributed by atoms with Crippen molar-refractivity contribution in [3.63, 3.8) is 0 Å². The molecule has 1 heterocycles. The minimum atomic E-state index is -0.237. The van der Waals surface area contributed by atoms with Crippen LogP contribution in [0.15, 0.2) is 45.3 Å². The van der Waals surface area contributed by atoms with Gasteiger partial charge in [-0.2, -0.15) is 4.80 Å². The van der Waals surface area contributed by atoms with Gasteiger partial charge in [-0.1, -0.05) is 24.3 Å². The lowest BCUT2D eigenvalue weighted by molar-refractivity contribution is -0.117. The van der Waals surface area contributed by atoms with Crippen LogP contribution in [0.5, 0.6) is 0 Å². The van der Waals surface area contributed by atoms with Crippen LogP contribution >= 0.6 is 31.9 Å². The Morgan fingerprint density at radius 2 is 1.84 bits per heavy atom. The molecule has 3 aromatic rings. The Labute approximate surface area is 161 Å². The van der Waals surface area contributed by atoms with E-state index in [-0.39, 0.29) is 12.5 Å². The summed E-state index contributed by atoms with van der Waals surface area (Å²) in [6.07, 6.45) is 0. The third kappa shape index (κ3) is 4.13. The van der Waals surface area contributed by atoms with Crippen LogP contribution < -0.4 is 5.32 Å². The lowest BCUT2D eigenvalue weighted by Gasteiger charge is -2.10. The summed E-state index contributed by atoms with van der Waals surface area (Å²) in [5.41, 5.74) is 3.71. The molecule has 6 nitrogen and oxygen atoms in total. The highest BCUT2D eigenvalue weighted by Crippen LogP contribution is 2.32. The fraction of sp³-hybridized carbons (Fsp3) is 0.176. The number of aromatic nitrogens is 4. The number of halogens is 2. The zero-order valence-corrected chi connectivity index (χ0v) is 16.8. The second-order valence-corrected chi connectivity index (χ2v) is 7.32. The van der Waals surface area contributed by atoms with Crippen LogP contribution in [-0.4, -0.2) is 26.1 Å². The molecule has 0 unspecified atom stereocenters. The van der Waals surface area contributed by atoms with Gasteiger partial charge in [0.25, 0.3) is 0 Å². The maximum absolute atomic E-state index is 12.3. The lowest BCUT2D eigenvalue weighted by Crippen LogP contribution is -2.21. The predicted octanol–water partition coefficient (Wildman–Crippen LogP) is 4.12. The van der Waals surface area contributed by atoms with Crippen LogP contribution in [0.4, 0.5) is 5.69 Å². The quantitative estimate of drug-likeness (QED) is 0.630. The molecule has 8 heteroatoms. The summed E-state index contributed by atoms with van der Waals surface area (Å²) in [5, 5.41) is 15.1. The number of carbonyl (C=O) groups is 1. The average Bonchev–Trinajstić information content (AvgIpc) is 2.99. The molecule has 1 N–H and O–H groups in total. The van der Waals surface area contributed by atoms with Crippen molar-refractivity contribution >= 4 is 43.5 Å². The monoisotopic (exact) mass is 463 g/mol. The molecular formula is C17H15Br2N5O. The summed E-state index contributed by atoms with van der Waals surface area (Å²) in [5.74, 6) is 0.266. The van der Waals surface area contributed by atoms with E-state index >= 15 is 0 Å². The van der Waals surface area contributed by atoms with Crippen LogP contribution in [0, 0.1) is 13.8 Å². The van der Waals surface area contributed by atoms with Crippen molar-refractivity contribution in [2.45, 2.75) is 20.4 Å². The first-order valence-corrected chi connectivity index (χ1v) is 9.12. The molecule has 0 radical (unpaired) electrons. The van der Waals surface area contributed by atoms with Crippen molar-refractivity contribution in [1.29, 1.82) is 0 Å². The number of hydrogen-bond donors (Lipinski definition) is 1. The number of carbonyl (C=O) groups excluding carboxylic acids is 1. The Kier molecular flexibility index (Phi) is 5.29. The molecule has 128 valence electrons. The molecule has 0 bridgehead atoms. The lowest BCUT2D eigenvalue weighted by atomic mass is 10.1. The molecule has 2 aromatic carbocycles. The van der Waals surface area contributed by atoms with Gasteiger partial charge in [0.1, 0.15) is 6.54 Å². The van der Waals surface area contributed by atoms with Crippen molar-refractivity contribution < 1.29 is 4.79 Å². The van der Waals surface area contributed by atoms with E-state index in [0.29, 0.717) is 11.5 Å². The van der Waals surface area contributed by atoms with Crippen LogP contribution in [0.2, 0.25) is 0 Å². The van der Waals surface area contributed by atoms with Crippen LogP contribution in [0.1, 0.15) is 11.1 Å². The number of benzene rings is 2. The molecule has 0 fully saturated rings. The molecule has 0 aliphatic carbocycles. The molecule has 0 atom stereocenters. The van der Waals surface area contributed by atoms with Gasteiger partial charge in [0.2, 0.25) is 11.7 Å². The van der Waals surface area contributed by atoms with E-state index in [9.17, 15) is 4.79 Å². The maximum Gasteiger partial charge on any atom is 0.248 e. The Balaban J connectivity index is 1.74. The number of amides is 1. The van der Waals surface area contributed by atoms with Gasteiger partial charge in [0.15, 0.2) is 0 Å². The highest BCUT2D eigenvalue weighted by molar-refractivity contribution is 9.11. The number of hydrogen-bond acceptors (Lipinski definition) is 4. The summed E-state index contributed by atoms with van der Waals surface area (Å²) in [6.45, 7) is 3.94. The van der Waals surface area contributed by atoms with Gasteiger partial charge >= 0.3 is 0 Å². The Morgan fingerprint density at radius 3 is 2.52 bits per heavy atom. The molecule has 0 saturated carbocycles. The van der Waals surface area contributed by atoms with Gasteiger partial charge in [-0.3, -0.25) is 4.79 Å². The van der Waals surface area contributed by atoms with Gasteiger partial charge < -0.3 is 5.32 Å². The minimum absolute atomic E-state index is 0.0222. The first-order valence-electron chi connectivity index (χ1n) is 7.53. The molecule has 0 spiro atoms. The zero-order valence-electron chi connectivity index (χ0n) is 13.6. The summed E-state index contributed by atoms with van der Waals surface area (Å²) in [4.78, 5) is 13.6. The van der Waals surface area contributed by atoms with Crippen molar-refractivity contribution in [1.82, 2.24) is 20.2 Å². The smallest absolute Gasteiger partial charge is 0.248 e. The van der Waals surface area contributed by atoms with E-state index < -0.39 is 0 Å². The molecule has 0 aliphatic heterocycles. The number of tetrazole rings is 1. The van der Waals surface area contributed by atoms with E-state index in [1.54, 1.807) is 0 Å². The number of nitrogens with one attached hydrogen (secondary N) is 1. The third-order valence-electron chi connectivity index (χ3n) is 3.57. The first kappa shape index (κ1) is 17.8. The topological polar surface area (TPSA) is 72.7 Å². The molecule has 0 aliphatic rings. The van der Waals surface area contributed by atoms with Gasteiger partial charge in [-0.25, -0.2) is 0 Å². The molecule has 25 heavy (non-hydrogen) atoms. The summed E-state index contributed by atoms with van der Waals surface area (Å²) in [7, 11) is 0. The van der Waals surface area contributed by atoms with E-state index in [2.05, 4.69) is 52.6 Å². The highest BCUT2D eigenvalue weighted by atomic mass is 79.9. The highest BCUT2D eigenvalue weighted by Gasteiger charge is 2.13. The second kappa shape index (κ2) is 7.45. The number of rotatable bonds is 4. The van der Waals surface area contributed by atoms with E-state index in [1.807, 2.05) is 50.2 Å². The maximum atomic E-state index is 12.3. The zero-order chi connectivity index (χ0) is 18.0. The third-order valence-corrected chi connectivity index (χ3v) is 4.83. The normalized spacial score (nSPS) is 10.7. The summed E-state index contributed by atoms with van der Waals surface area (Å²) >= 11 is 6.92. The van der Waals surface area contributed by atoms with Gasteiger partial charge in [0.05, 0.1) is 5.69 Å². The van der Waals surface area contributed by atoms with Crippen molar-refractivity contribution in [3.05, 3.63) is 56.5 Å². The van der Waals surface area contributed by atoms with E-state index in [0.717, 1.165) is 25.6 Å². The number of aryl methyl sites for hydroxylation is 2. The first-order chi connectivity index (χ1) is 11.9. The average molecular weight is 465 g/mol. The van der Waals surface area contributed by atoms with Gasteiger partial charge in [-0.05, 0) is 74.2 Å². The van der Waals surface area contributed by atoms with Crippen molar-refractivity contribution in [2.24, 2.45) is 0 Å². The number of anilines is 1. The summed E-state index contributed by atoms with van der Waals surface area (Å²) in [6, 6.07) is 11.7. The van der Waals surface area contributed by atoms with E-state index in [4.69, 9.17) is 0 Å². The van der Waals surface area contributed by atoms with Crippen LogP contribution in [-0.2, 0) is 11.3 Å². The van der Waals surface area contributed by atoms with Crippen molar-refractivity contribution in [2.75, 3.05) is 5.32 Å². The fourth-order valence-electron chi connectivity index (χ4n) is 2.37. The largest absolute Gasteiger partial charge is 0.322 e. The number of nitrogens with zero attached hydrogens (tertiary/aromatic N) is 4. The van der Waals surface area contributed by atoms with Crippen molar-refractivity contribution in [3.8, 4) is 11.4 Å². The van der Waals surface area contributed by atoms with Crippen LogP contribution in [0.25, 0.3) is 11.4 Å². The Bertz CT molecular complexity index is 915. The SMILES string of the molecule is Cc1cc(Br)c(NC(=O)Cn2nnc(-c3ccccc3C)n2)c(Br)c1. The molecule has 1 amide bonds. The molecule has 0 saturated heterocycles. The fourth-order valence-corrected chi connectivity index (χ4v) is 3.98. The predicted molar refractivity (Wildman–Crippen MR) is 103 cm³/mol. The molecule has 3 rings (SSSR count). The van der Waals surface area contributed by atoms with E-state index in [1.165, 1.54) is 4.80 Å². The van der Waals surface area contributed by atoms with Crippen LogP contribution in [0.3, 0.4) is 0 Å². The standard InChI is InChI=1S/C17H15Br2N5O/c1-10-7-13(18)16(14(19)8-10)20-15(25)9-24-22-17(21-23-24)12-6-4-3-5-11(12)2/h3-8H,9H2,1-2H3,(H,20,25). The summed E-state index contributed by atoms with van der Waals surface area (Å²) < 4.78 is 1.61.